The van der Waals surface area contributed by atoms with Gasteiger partial charge in [-0.1, -0.05) is 5.16 Å². The number of nitrogens with one attached hydrogen (secondary N) is 1. The van der Waals surface area contributed by atoms with Crippen LogP contribution >= 0.6 is 0 Å². The summed E-state index contributed by atoms with van der Waals surface area (Å²) < 4.78 is 7.01. The number of carbonyl (C=O) groups excluding carboxylic acids is 2. The van der Waals surface area contributed by atoms with Gasteiger partial charge in [0.15, 0.2) is 5.82 Å². The number of carbonyl (C=O) groups is 2. The molecule has 2 heterocycles. The van der Waals surface area contributed by atoms with Gasteiger partial charge >= 0.3 is 0 Å². The summed E-state index contributed by atoms with van der Waals surface area (Å²) in [6, 6.07) is 3.64. The molecule has 0 radical (unpaired) electrons. The van der Waals surface area contributed by atoms with Gasteiger partial charge in [0.05, 0.1) is 12.1 Å². The smallest absolute Gasteiger partial charge is 0.256 e. The van der Waals surface area contributed by atoms with Crippen LogP contribution < -0.4 is 5.32 Å². The summed E-state index contributed by atoms with van der Waals surface area (Å²) in [7, 11) is 0. The van der Waals surface area contributed by atoms with Crippen molar-refractivity contribution < 1.29 is 14.1 Å². The van der Waals surface area contributed by atoms with Crippen LogP contribution in [0.1, 0.15) is 41.4 Å². The monoisotopic (exact) mass is 332 g/mol. The zero-order valence-corrected chi connectivity index (χ0v) is 14.8. The molecule has 0 bridgehead atoms. The van der Waals surface area contributed by atoms with Crippen molar-refractivity contribution in [2.45, 2.75) is 34.6 Å². The van der Waals surface area contributed by atoms with E-state index in [0.29, 0.717) is 30.2 Å². The molecule has 2 aromatic heterocycles. The molecule has 0 aliphatic rings. The third kappa shape index (κ3) is 3.50. The van der Waals surface area contributed by atoms with E-state index >= 15 is 0 Å². The Morgan fingerprint density at radius 3 is 2.50 bits per heavy atom. The quantitative estimate of drug-likeness (QED) is 0.877. The number of nitrogens with zero attached hydrogens (tertiary/aromatic N) is 3. The van der Waals surface area contributed by atoms with E-state index in [1.165, 1.54) is 4.90 Å². The normalized spacial score (nSPS) is 10.7. The van der Waals surface area contributed by atoms with E-state index in [0.717, 1.165) is 11.4 Å². The van der Waals surface area contributed by atoms with E-state index in [9.17, 15) is 9.59 Å². The Hall–Kier alpha value is -2.57. The van der Waals surface area contributed by atoms with Crippen molar-refractivity contribution in [3.8, 4) is 5.82 Å². The van der Waals surface area contributed by atoms with E-state index in [4.69, 9.17) is 4.52 Å². The minimum Gasteiger partial charge on any atom is -0.360 e. The summed E-state index contributed by atoms with van der Waals surface area (Å²) in [6.07, 6.45) is 0. The van der Waals surface area contributed by atoms with E-state index in [1.807, 2.05) is 51.3 Å². The molecule has 130 valence electrons. The van der Waals surface area contributed by atoms with Crippen molar-refractivity contribution in [3.05, 3.63) is 34.8 Å². The molecule has 0 unspecified atom stereocenters. The van der Waals surface area contributed by atoms with Gasteiger partial charge in [0.2, 0.25) is 5.91 Å². The van der Waals surface area contributed by atoms with Crippen LogP contribution in [0.5, 0.6) is 0 Å². The van der Waals surface area contributed by atoms with Crippen LogP contribution in [0.2, 0.25) is 0 Å². The highest BCUT2D eigenvalue weighted by molar-refractivity contribution is 5.98. The Bertz CT molecular complexity index is 745. The average Bonchev–Trinajstić information content (AvgIpc) is 3.07. The molecule has 1 N–H and O–H groups in total. The Balaban J connectivity index is 2.31. The Labute approximate surface area is 141 Å². The third-order valence-electron chi connectivity index (χ3n) is 3.88. The van der Waals surface area contributed by atoms with Crippen molar-refractivity contribution in [1.82, 2.24) is 19.9 Å². The molecule has 0 saturated carbocycles. The maximum Gasteiger partial charge on any atom is 0.256 e. The van der Waals surface area contributed by atoms with Crippen LogP contribution in [0.4, 0.5) is 0 Å². The van der Waals surface area contributed by atoms with Crippen LogP contribution in [0.15, 0.2) is 16.7 Å². The number of hydrogen-bond acceptors (Lipinski definition) is 4. The molecule has 0 saturated heterocycles. The first kappa shape index (κ1) is 17.8. The van der Waals surface area contributed by atoms with Crippen molar-refractivity contribution in [3.63, 3.8) is 0 Å². The molecule has 2 amide bonds. The minimum atomic E-state index is -0.164. The lowest BCUT2D eigenvalue weighted by Crippen LogP contribution is -2.40. The average molecular weight is 332 g/mol. The van der Waals surface area contributed by atoms with Crippen molar-refractivity contribution in [2.75, 3.05) is 19.6 Å². The summed E-state index contributed by atoms with van der Waals surface area (Å²) in [6.45, 7) is 10.4. The lowest BCUT2D eigenvalue weighted by molar-refractivity contribution is -0.121. The number of amides is 2. The van der Waals surface area contributed by atoms with Gasteiger partial charge in [0, 0.05) is 30.5 Å². The van der Waals surface area contributed by atoms with Gasteiger partial charge in [0.25, 0.3) is 5.91 Å². The second-order valence-corrected chi connectivity index (χ2v) is 5.69. The first-order valence-corrected chi connectivity index (χ1v) is 8.07. The van der Waals surface area contributed by atoms with E-state index in [2.05, 4.69) is 10.5 Å². The standard InChI is InChI=1S/C17H24N4O3/c1-6-18-16(22)10-20(7-2)17(23)14-8-11(3)21(13(14)5)15-9-12(4)24-19-15/h8-9H,6-7,10H2,1-5H3,(H,18,22). The number of hydrogen-bond donors (Lipinski definition) is 1. The highest BCUT2D eigenvalue weighted by Gasteiger charge is 2.23. The molecule has 0 spiro atoms. The predicted molar refractivity (Wildman–Crippen MR) is 90.3 cm³/mol. The third-order valence-corrected chi connectivity index (χ3v) is 3.88. The minimum absolute atomic E-state index is 0.0515. The van der Waals surface area contributed by atoms with Crippen LogP contribution in [-0.4, -0.2) is 46.1 Å². The van der Waals surface area contributed by atoms with Gasteiger partial charge in [0.1, 0.15) is 5.76 Å². The topological polar surface area (TPSA) is 80.4 Å². The zero-order chi connectivity index (χ0) is 17.9. The first-order chi connectivity index (χ1) is 11.4. The molecule has 0 aliphatic heterocycles. The summed E-state index contributed by atoms with van der Waals surface area (Å²) >= 11 is 0. The molecular formula is C17H24N4O3. The van der Waals surface area contributed by atoms with Gasteiger partial charge in [-0.3, -0.25) is 14.2 Å². The molecule has 0 aromatic carbocycles. The van der Waals surface area contributed by atoms with Crippen LogP contribution in [0.25, 0.3) is 5.82 Å². The Morgan fingerprint density at radius 2 is 1.96 bits per heavy atom. The zero-order valence-electron chi connectivity index (χ0n) is 14.8. The van der Waals surface area contributed by atoms with E-state index < -0.39 is 0 Å². The molecule has 7 heteroatoms. The van der Waals surface area contributed by atoms with Gasteiger partial charge in [-0.05, 0) is 40.7 Å². The van der Waals surface area contributed by atoms with Gasteiger partial charge in [-0.15, -0.1) is 0 Å². The summed E-state index contributed by atoms with van der Waals surface area (Å²) in [5.41, 5.74) is 2.23. The summed E-state index contributed by atoms with van der Waals surface area (Å²) in [5.74, 6) is 1.03. The van der Waals surface area contributed by atoms with Gasteiger partial charge in [-0.2, -0.15) is 0 Å². The largest absolute Gasteiger partial charge is 0.360 e. The summed E-state index contributed by atoms with van der Waals surface area (Å²) in [5, 5.41) is 6.73. The second-order valence-electron chi connectivity index (χ2n) is 5.69. The molecule has 2 aromatic rings. The molecular weight excluding hydrogens is 308 g/mol. The highest BCUT2D eigenvalue weighted by Crippen LogP contribution is 2.22. The molecule has 0 atom stereocenters. The fraction of sp³-hybridized carbons (Fsp3) is 0.471. The molecule has 0 aliphatic carbocycles. The number of aryl methyl sites for hydroxylation is 2. The number of rotatable bonds is 6. The van der Waals surface area contributed by atoms with Crippen molar-refractivity contribution in [2.24, 2.45) is 0 Å². The molecule has 24 heavy (non-hydrogen) atoms. The second kappa shape index (κ2) is 7.33. The van der Waals surface area contributed by atoms with E-state index in [-0.39, 0.29) is 18.4 Å². The molecule has 0 fully saturated rings. The fourth-order valence-corrected chi connectivity index (χ4v) is 2.71. The SMILES string of the molecule is CCNC(=O)CN(CC)C(=O)c1cc(C)n(-c2cc(C)on2)c1C. The Morgan fingerprint density at radius 1 is 1.25 bits per heavy atom. The fourth-order valence-electron chi connectivity index (χ4n) is 2.71. The molecule has 7 nitrogen and oxygen atoms in total. The van der Waals surface area contributed by atoms with Crippen molar-refractivity contribution >= 4 is 11.8 Å². The maximum atomic E-state index is 12.8. The lowest BCUT2D eigenvalue weighted by atomic mass is 10.2. The predicted octanol–water partition coefficient (Wildman–Crippen LogP) is 1.99. The van der Waals surface area contributed by atoms with Crippen LogP contribution in [0, 0.1) is 20.8 Å². The van der Waals surface area contributed by atoms with E-state index in [1.54, 1.807) is 0 Å². The number of aromatic nitrogens is 2. The maximum absolute atomic E-state index is 12.8. The van der Waals surface area contributed by atoms with Gasteiger partial charge in [-0.25, -0.2) is 0 Å². The van der Waals surface area contributed by atoms with Gasteiger partial charge < -0.3 is 14.7 Å². The Kier molecular flexibility index (Phi) is 5.43. The number of likely N-dealkylation sites (N-methyl/N-ethyl adjacent to an activating group) is 2. The summed E-state index contributed by atoms with van der Waals surface area (Å²) in [4.78, 5) is 26.2. The molecule has 2 rings (SSSR count). The van der Waals surface area contributed by atoms with Crippen LogP contribution in [0.3, 0.4) is 0 Å². The van der Waals surface area contributed by atoms with Crippen molar-refractivity contribution in [1.29, 1.82) is 0 Å². The highest BCUT2D eigenvalue weighted by atomic mass is 16.5. The lowest BCUT2D eigenvalue weighted by Gasteiger charge is -2.20. The first-order valence-electron chi connectivity index (χ1n) is 8.07. The van der Waals surface area contributed by atoms with Crippen LogP contribution in [-0.2, 0) is 4.79 Å².